The Balaban J connectivity index is 1.93. The molecule has 1 atom stereocenters. The number of fused-ring (bicyclic) bond motifs is 3. The molecule has 4 rings (SSSR count). The van der Waals surface area contributed by atoms with Gasteiger partial charge in [0.1, 0.15) is 11.9 Å². The first kappa shape index (κ1) is 15.2. The summed E-state index contributed by atoms with van der Waals surface area (Å²) in [4.78, 5) is 4.69. The van der Waals surface area contributed by atoms with Gasteiger partial charge in [0.25, 0.3) is 0 Å². The Morgan fingerprint density at radius 1 is 1.08 bits per heavy atom. The average Bonchev–Trinajstić information content (AvgIpc) is 3.02. The average molecular weight is 326 g/mol. The van der Waals surface area contributed by atoms with Crippen molar-refractivity contribution >= 4 is 22.5 Å². The third kappa shape index (κ3) is 2.50. The first-order valence-corrected chi connectivity index (χ1v) is 8.31. The van der Waals surface area contributed by atoms with Crippen LogP contribution in [0.1, 0.15) is 29.7 Å². The van der Waals surface area contributed by atoms with E-state index in [9.17, 15) is 5.26 Å². The van der Waals surface area contributed by atoms with Gasteiger partial charge >= 0.3 is 0 Å². The van der Waals surface area contributed by atoms with E-state index in [1.54, 1.807) is 0 Å². The number of hydrogen-bond donors (Lipinski definition) is 1. The molecule has 2 aromatic carbocycles. The van der Waals surface area contributed by atoms with E-state index in [0.717, 1.165) is 22.4 Å². The highest BCUT2D eigenvalue weighted by molar-refractivity contribution is 5.85. The van der Waals surface area contributed by atoms with Crippen molar-refractivity contribution in [2.45, 2.75) is 19.9 Å². The van der Waals surface area contributed by atoms with Gasteiger partial charge in [0, 0.05) is 6.04 Å². The van der Waals surface area contributed by atoms with Crippen LogP contribution in [0.4, 0.5) is 5.82 Å². The Bertz CT molecular complexity index is 1100. The number of nitrogens with one attached hydrogen (secondary N) is 1. The molecule has 4 heteroatoms. The molecule has 0 unspecified atom stereocenters. The predicted octanol–water partition coefficient (Wildman–Crippen LogP) is 4.84. The minimum Gasteiger partial charge on any atom is -0.365 e. The summed E-state index contributed by atoms with van der Waals surface area (Å²) in [5, 5.41) is 13.2. The SMILES string of the molecule is Cc1cc(N[C@@H](C)c2ccccc2)n2c(nc3ccccc32)c1C#N. The fourth-order valence-electron chi connectivity index (χ4n) is 3.25. The van der Waals surface area contributed by atoms with E-state index in [0.29, 0.717) is 11.2 Å². The number of nitriles is 1. The van der Waals surface area contributed by atoms with Crippen molar-refractivity contribution in [3.8, 4) is 6.07 Å². The van der Waals surface area contributed by atoms with Crippen molar-refractivity contribution in [2.75, 3.05) is 5.32 Å². The molecule has 4 aromatic rings. The number of nitrogens with zero attached hydrogens (tertiary/aromatic N) is 3. The zero-order chi connectivity index (χ0) is 17.4. The number of hydrogen-bond acceptors (Lipinski definition) is 3. The number of anilines is 1. The molecule has 0 aliphatic rings. The summed E-state index contributed by atoms with van der Waals surface area (Å²) in [7, 11) is 0. The molecule has 0 saturated carbocycles. The second-order valence-electron chi connectivity index (χ2n) is 6.24. The van der Waals surface area contributed by atoms with Crippen molar-refractivity contribution in [2.24, 2.45) is 0 Å². The van der Waals surface area contributed by atoms with Gasteiger partial charge in [0.05, 0.1) is 16.6 Å². The van der Waals surface area contributed by atoms with Gasteiger partial charge in [-0.15, -0.1) is 0 Å². The molecule has 2 aromatic heterocycles. The lowest BCUT2D eigenvalue weighted by Crippen LogP contribution is -2.10. The number of aromatic nitrogens is 2. The monoisotopic (exact) mass is 326 g/mol. The van der Waals surface area contributed by atoms with Crippen LogP contribution in [0.3, 0.4) is 0 Å². The molecule has 4 nitrogen and oxygen atoms in total. The molecule has 1 N–H and O–H groups in total. The number of aryl methyl sites for hydroxylation is 1. The Morgan fingerprint density at radius 2 is 1.80 bits per heavy atom. The predicted molar refractivity (Wildman–Crippen MR) is 101 cm³/mol. The van der Waals surface area contributed by atoms with Crippen LogP contribution in [0, 0.1) is 18.3 Å². The quantitative estimate of drug-likeness (QED) is 0.586. The van der Waals surface area contributed by atoms with Gasteiger partial charge in [-0.3, -0.25) is 4.40 Å². The van der Waals surface area contributed by atoms with E-state index in [4.69, 9.17) is 0 Å². The second kappa shape index (κ2) is 5.95. The molecule has 0 aliphatic carbocycles. The molecule has 0 spiro atoms. The van der Waals surface area contributed by atoms with Crippen molar-refractivity contribution in [3.63, 3.8) is 0 Å². The van der Waals surface area contributed by atoms with E-state index in [-0.39, 0.29) is 6.04 Å². The molecule has 0 radical (unpaired) electrons. The van der Waals surface area contributed by atoms with Crippen LogP contribution >= 0.6 is 0 Å². The summed E-state index contributed by atoms with van der Waals surface area (Å²) in [6.45, 7) is 4.09. The summed E-state index contributed by atoms with van der Waals surface area (Å²) >= 11 is 0. The fraction of sp³-hybridized carbons (Fsp3) is 0.143. The summed E-state index contributed by atoms with van der Waals surface area (Å²) < 4.78 is 2.04. The largest absolute Gasteiger partial charge is 0.365 e. The molecular weight excluding hydrogens is 308 g/mol. The van der Waals surface area contributed by atoms with E-state index >= 15 is 0 Å². The van der Waals surface area contributed by atoms with Crippen LogP contribution in [0.5, 0.6) is 0 Å². The third-order valence-corrected chi connectivity index (χ3v) is 4.55. The normalized spacial score (nSPS) is 12.2. The van der Waals surface area contributed by atoms with Crippen LogP contribution in [-0.4, -0.2) is 9.38 Å². The highest BCUT2D eigenvalue weighted by atomic mass is 15.1. The van der Waals surface area contributed by atoms with Gasteiger partial charge in [0.15, 0.2) is 5.65 Å². The Morgan fingerprint density at radius 3 is 2.56 bits per heavy atom. The molecule has 25 heavy (non-hydrogen) atoms. The number of para-hydroxylation sites is 2. The van der Waals surface area contributed by atoms with E-state index in [2.05, 4.69) is 35.4 Å². The summed E-state index contributed by atoms with van der Waals surface area (Å²) in [5.74, 6) is 0.941. The van der Waals surface area contributed by atoms with Gasteiger partial charge in [-0.2, -0.15) is 5.26 Å². The zero-order valence-electron chi connectivity index (χ0n) is 14.2. The third-order valence-electron chi connectivity index (χ3n) is 4.55. The lowest BCUT2D eigenvalue weighted by molar-refractivity contribution is 0.870. The van der Waals surface area contributed by atoms with Crippen molar-refractivity contribution in [1.29, 1.82) is 5.26 Å². The highest BCUT2D eigenvalue weighted by Crippen LogP contribution is 2.28. The van der Waals surface area contributed by atoms with Gasteiger partial charge in [0.2, 0.25) is 0 Å². The molecule has 0 fully saturated rings. The van der Waals surface area contributed by atoms with Gasteiger partial charge in [-0.1, -0.05) is 42.5 Å². The van der Waals surface area contributed by atoms with Crippen LogP contribution < -0.4 is 5.32 Å². The van der Waals surface area contributed by atoms with E-state index in [1.807, 2.05) is 59.9 Å². The van der Waals surface area contributed by atoms with Crippen LogP contribution in [-0.2, 0) is 0 Å². The molecule has 0 aliphatic heterocycles. The molecule has 0 saturated heterocycles. The second-order valence-corrected chi connectivity index (χ2v) is 6.24. The van der Waals surface area contributed by atoms with Crippen LogP contribution in [0.2, 0.25) is 0 Å². The molecule has 0 bridgehead atoms. The summed E-state index contributed by atoms with van der Waals surface area (Å²) in [6.07, 6.45) is 0. The first-order valence-electron chi connectivity index (χ1n) is 8.31. The van der Waals surface area contributed by atoms with Gasteiger partial charge < -0.3 is 5.32 Å². The maximum Gasteiger partial charge on any atom is 0.157 e. The Kier molecular flexibility index (Phi) is 3.62. The van der Waals surface area contributed by atoms with Gasteiger partial charge in [-0.25, -0.2) is 4.98 Å². The molecular formula is C21H18N4. The molecule has 0 amide bonds. The number of imidazole rings is 1. The maximum absolute atomic E-state index is 9.57. The highest BCUT2D eigenvalue weighted by Gasteiger charge is 2.16. The van der Waals surface area contributed by atoms with Crippen LogP contribution in [0.25, 0.3) is 16.7 Å². The Labute approximate surface area is 146 Å². The standard InChI is InChI=1S/C21H18N4/c1-14-12-20(23-15(2)16-8-4-3-5-9-16)25-19-11-7-6-10-18(19)24-21(25)17(14)13-22/h3-12,15,23H,1-2H3/t15-/m0/s1. The lowest BCUT2D eigenvalue weighted by Gasteiger charge is -2.18. The van der Waals surface area contributed by atoms with E-state index in [1.165, 1.54) is 5.56 Å². The smallest absolute Gasteiger partial charge is 0.157 e. The summed E-state index contributed by atoms with van der Waals surface area (Å²) in [5.41, 5.74) is 5.34. The number of pyridine rings is 1. The minimum absolute atomic E-state index is 0.137. The molecule has 2 heterocycles. The van der Waals surface area contributed by atoms with Crippen molar-refractivity contribution in [3.05, 3.63) is 77.4 Å². The van der Waals surface area contributed by atoms with Gasteiger partial charge in [-0.05, 0) is 43.2 Å². The Hall–Kier alpha value is -3.32. The zero-order valence-corrected chi connectivity index (χ0v) is 14.2. The van der Waals surface area contributed by atoms with Crippen LogP contribution in [0.15, 0.2) is 60.7 Å². The number of benzene rings is 2. The molecule has 122 valence electrons. The lowest BCUT2D eigenvalue weighted by atomic mass is 10.1. The van der Waals surface area contributed by atoms with Crippen molar-refractivity contribution in [1.82, 2.24) is 9.38 Å². The minimum atomic E-state index is 0.137. The van der Waals surface area contributed by atoms with Crippen molar-refractivity contribution < 1.29 is 0 Å². The topological polar surface area (TPSA) is 53.1 Å². The number of rotatable bonds is 3. The summed E-state index contributed by atoms with van der Waals surface area (Å²) in [6, 6.07) is 22.7. The maximum atomic E-state index is 9.57. The first-order chi connectivity index (χ1) is 12.2. The van der Waals surface area contributed by atoms with E-state index < -0.39 is 0 Å². The fourth-order valence-corrected chi connectivity index (χ4v) is 3.25.